The zero-order chi connectivity index (χ0) is 14.8. The number of rotatable bonds is 2. The van der Waals surface area contributed by atoms with E-state index in [9.17, 15) is 4.79 Å². The third kappa shape index (κ3) is 2.70. The first-order chi connectivity index (χ1) is 10.2. The number of aromatic nitrogens is 2. The third-order valence-electron chi connectivity index (χ3n) is 3.93. The molecule has 0 aliphatic carbocycles. The highest BCUT2D eigenvalue weighted by Gasteiger charge is 2.32. The van der Waals surface area contributed by atoms with Crippen LogP contribution in [-0.4, -0.2) is 27.5 Å². The van der Waals surface area contributed by atoms with Crippen LogP contribution in [0.4, 0.5) is 0 Å². The molecule has 6 heteroatoms. The third-order valence-corrected chi connectivity index (χ3v) is 3.93. The van der Waals surface area contributed by atoms with E-state index in [1.807, 2.05) is 24.8 Å². The predicted molar refractivity (Wildman–Crippen MR) is 74.7 cm³/mol. The zero-order valence-electron chi connectivity index (χ0n) is 12.3. The van der Waals surface area contributed by atoms with Gasteiger partial charge in [0.1, 0.15) is 5.76 Å². The number of carbonyl (C=O) groups excluding carboxylic acids is 1. The second-order valence-electron chi connectivity index (χ2n) is 5.52. The van der Waals surface area contributed by atoms with Gasteiger partial charge in [-0.25, -0.2) is 0 Å². The van der Waals surface area contributed by atoms with Gasteiger partial charge in [-0.2, -0.15) is 4.98 Å². The lowest BCUT2D eigenvalue weighted by Gasteiger charge is -2.27. The van der Waals surface area contributed by atoms with Crippen molar-refractivity contribution < 1.29 is 13.7 Å². The Balaban J connectivity index is 1.92. The van der Waals surface area contributed by atoms with Crippen LogP contribution in [0.25, 0.3) is 0 Å². The molecular weight excluding hydrogens is 270 g/mol. The molecule has 0 spiro atoms. The molecule has 1 fully saturated rings. The molecular formula is C15H19N3O3. The summed E-state index contributed by atoms with van der Waals surface area (Å²) in [4.78, 5) is 18.8. The fourth-order valence-electron chi connectivity index (χ4n) is 2.93. The molecule has 0 saturated carbocycles. The van der Waals surface area contributed by atoms with Gasteiger partial charge in [-0.05, 0) is 32.8 Å². The molecule has 2 aromatic rings. The lowest BCUT2D eigenvalue weighted by Crippen LogP contribution is -2.35. The van der Waals surface area contributed by atoms with Gasteiger partial charge in [0.05, 0.1) is 6.04 Å². The van der Waals surface area contributed by atoms with Crippen LogP contribution in [0.5, 0.6) is 0 Å². The van der Waals surface area contributed by atoms with Gasteiger partial charge >= 0.3 is 0 Å². The summed E-state index contributed by atoms with van der Waals surface area (Å²) in [5.41, 5.74) is 0.869. The van der Waals surface area contributed by atoms with E-state index in [2.05, 4.69) is 10.1 Å². The van der Waals surface area contributed by atoms with E-state index >= 15 is 0 Å². The van der Waals surface area contributed by atoms with Gasteiger partial charge < -0.3 is 13.8 Å². The monoisotopic (exact) mass is 289 g/mol. The highest BCUT2D eigenvalue weighted by Crippen LogP contribution is 2.30. The van der Waals surface area contributed by atoms with E-state index in [4.69, 9.17) is 8.94 Å². The maximum absolute atomic E-state index is 12.8. The molecule has 0 N–H and O–H groups in total. The lowest BCUT2D eigenvalue weighted by molar-refractivity contribution is 0.0635. The maximum atomic E-state index is 12.8. The molecule has 1 saturated heterocycles. The second kappa shape index (κ2) is 5.71. The first-order valence-electron chi connectivity index (χ1n) is 7.31. The Labute approximate surface area is 123 Å². The smallest absolute Gasteiger partial charge is 0.290 e. The lowest BCUT2D eigenvalue weighted by atomic mass is 10.1. The molecule has 3 heterocycles. The fraction of sp³-hybridized carbons (Fsp3) is 0.533. The van der Waals surface area contributed by atoms with Crippen molar-refractivity contribution in [3.8, 4) is 0 Å². The van der Waals surface area contributed by atoms with Crippen LogP contribution in [0.3, 0.4) is 0 Å². The summed E-state index contributed by atoms with van der Waals surface area (Å²) in [5, 5.41) is 3.92. The minimum Gasteiger partial charge on any atom is -0.456 e. The first-order valence-corrected chi connectivity index (χ1v) is 7.31. The normalized spacial score (nSPS) is 19.5. The zero-order valence-corrected chi connectivity index (χ0v) is 12.3. The molecule has 112 valence electrons. The summed E-state index contributed by atoms with van der Waals surface area (Å²) in [5.74, 6) is 1.66. The standard InChI is InChI=1S/C15H19N3O3/c1-10-8-11(2)21-13(10)15(19)18-7-5-3-4-6-12(18)14-16-9-20-17-14/h8-9,12H,3-7H2,1-2H3/t12-/m0/s1. The van der Waals surface area contributed by atoms with Gasteiger partial charge in [-0.3, -0.25) is 4.79 Å². The second-order valence-corrected chi connectivity index (χ2v) is 5.52. The number of amides is 1. The topological polar surface area (TPSA) is 72.4 Å². The van der Waals surface area contributed by atoms with E-state index in [1.54, 1.807) is 0 Å². The summed E-state index contributed by atoms with van der Waals surface area (Å²) < 4.78 is 10.4. The highest BCUT2D eigenvalue weighted by molar-refractivity contribution is 5.93. The van der Waals surface area contributed by atoms with Crippen molar-refractivity contribution in [3.63, 3.8) is 0 Å². The minimum atomic E-state index is -0.136. The number of hydrogen-bond donors (Lipinski definition) is 0. The Bertz CT molecular complexity index is 618. The quantitative estimate of drug-likeness (QED) is 0.849. The van der Waals surface area contributed by atoms with Crippen molar-refractivity contribution in [3.05, 3.63) is 35.4 Å². The van der Waals surface area contributed by atoms with Crippen molar-refractivity contribution in [2.45, 2.75) is 45.6 Å². The van der Waals surface area contributed by atoms with E-state index < -0.39 is 0 Å². The van der Waals surface area contributed by atoms with Crippen LogP contribution in [0.1, 0.15) is 59.4 Å². The SMILES string of the molecule is Cc1cc(C)c(C(=O)N2CCCCC[C@H]2c2ncon2)o1. The van der Waals surface area contributed by atoms with E-state index in [1.165, 1.54) is 6.39 Å². The van der Waals surface area contributed by atoms with Gasteiger partial charge in [-0.15, -0.1) is 0 Å². The number of nitrogens with zero attached hydrogens (tertiary/aromatic N) is 3. The molecule has 0 unspecified atom stereocenters. The van der Waals surface area contributed by atoms with Crippen LogP contribution in [-0.2, 0) is 0 Å². The van der Waals surface area contributed by atoms with Crippen LogP contribution < -0.4 is 0 Å². The van der Waals surface area contributed by atoms with Crippen molar-refractivity contribution in [1.29, 1.82) is 0 Å². The molecule has 6 nitrogen and oxygen atoms in total. The van der Waals surface area contributed by atoms with Crippen LogP contribution in [0, 0.1) is 13.8 Å². The molecule has 2 aromatic heterocycles. The molecule has 21 heavy (non-hydrogen) atoms. The Hall–Kier alpha value is -2.11. The minimum absolute atomic E-state index is 0.0858. The van der Waals surface area contributed by atoms with Gasteiger partial charge in [0.15, 0.2) is 11.6 Å². The molecule has 1 aliphatic rings. The Morgan fingerprint density at radius 2 is 2.19 bits per heavy atom. The summed E-state index contributed by atoms with van der Waals surface area (Å²) >= 11 is 0. The number of hydrogen-bond acceptors (Lipinski definition) is 5. The molecule has 0 radical (unpaired) electrons. The average molecular weight is 289 g/mol. The van der Waals surface area contributed by atoms with Gasteiger partial charge in [0.25, 0.3) is 5.91 Å². The first kappa shape index (κ1) is 13.9. The summed E-state index contributed by atoms with van der Waals surface area (Å²) in [6.07, 6.45) is 5.31. The average Bonchev–Trinajstić information content (AvgIpc) is 3.02. The molecule has 1 amide bonds. The van der Waals surface area contributed by atoms with Crippen molar-refractivity contribution in [1.82, 2.24) is 15.0 Å². The number of carbonyl (C=O) groups is 1. The number of furan rings is 1. The molecule has 1 atom stereocenters. The Morgan fingerprint density at radius 1 is 1.33 bits per heavy atom. The van der Waals surface area contributed by atoms with E-state index in [0.29, 0.717) is 18.1 Å². The molecule has 1 aliphatic heterocycles. The summed E-state index contributed by atoms with van der Waals surface area (Å²) in [6.45, 7) is 4.44. The molecule has 3 rings (SSSR count). The van der Waals surface area contributed by atoms with Crippen LogP contribution in [0.2, 0.25) is 0 Å². The van der Waals surface area contributed by atoms with Gasteiger partial charge in [0.2, 0.25) is 6.39 Å². The van der Waals surface area contributed by atoms with Crippen LogP contribution in [0.15, 0.2) is 21.4 Å². The fourth-order valence-corrected chi connectivity index (χ4v) is 2.93. The molecule has 0 bridgehead atoms. The van der Waals surface area contributed by atoms with Crippen molar-refractivity contribution in [2.75, 3.05) is 6.54 Å². The van der Waals surface area contributed by atoms with E-state index in [-0.39, 0.29) is 11.9 Å². The van der Waals surface area contributed by atoms with Gasteiger partial charge in [-0.1, -0.05) is 18.0 Å². The van der Waals surface area contributed by atoms with Crippen molar-refractivity contribution in [2.24, 2.45) is 0 Å². The summed E-state index contributed by atoms with van der Waals surface area (Å²) in [6, 6.07) is 1.75. The predicted octanol–water partition coefficient (Wildman–Crippen LogP) is 3.04. The largest absolute Gasteiger partial charge is 0.456 e. The van der Waals surface area contributed by atoms with Crippen LogP contribution >= 0.6 is 0 Å². The summed E-state index contributed by atoms with van der Waals surface area (Å²) in [7, 11) is 0. The number of likely N-dealkylation sites (tertiary alicyclic amines) is 1. The maximum Gasteiger partial charge on any atom is 0.290 e. The van der Waals surface area contributed by atoms with E-state index in [0.717, 1.165) is 37.0 Å². The van der Waals surface area contributed by atoms with Crippen molar-refractivity contribution >= 4 is 5.91 Å². The highest BCUT2D eigenvalue weighted by atomic mass is 16.5. The Morgan fingerprint density at radius 3 is 2.86 bits per heavy atom. The number of aryl methyl sites for hydroxylation is 2. The molecule has 0 aromatic carbocycles. The van der Waals surface area contributed by atoms with Gasteiger partial charge in [0, 0.05) is 12.1 Å². The Kier molecular flexibility index (Phi) is 3.77.